The Labute approximate surface area is 346 Å². The number of allylic oxidation sites excluding steroid dienone is 6. The highest BCUT2D eigenvalue weighted by Crippen LogP contribution is 2.43. The number of aliphatic carboxylic acids is 1. The van der Waals surface area contributed by atoms with Crippen molar-refractivity contribution in [3.63, 3.8) is 0 Å². The molecule has 4 N–H and O–H groups in total. The first-order valence-electron chi connectivity index (χ1n) is 22.5. The second-order valence-corrected chi connectivity index (χ2v) is 16.6. The van der Waals surface area contributed by atoms with E-state index in [0.717, 1.165) is 70.6 Å². The van der Waals surface area contributed by atoms with Crippen molar-refractivity contribution in [2.45, 2.75) is 212 Å². The molecule has 0 radical (unpaired) electrons. The largest absolute Gasteiger partial charge is 0.480 e. The Morgan fingerprint density at radius 3 is 1.44 bits per heavy atom. The number of carbonyl (C=O) groups is 3. The average molecular weight is 828 g/mol. The summed E-state index contributed by atoms with van der Waals surface area (Å²) in [4.78, 5) is 46.0. The SMILES string of the molecule is CCCC/C=C\C/C=C\CCCCCCCCCCCC(=O)OC[C@H](COP(=O)(O)OC[C@H](N)C(=O)O)OC(=O)CCCCCCC/C=C\CCCCCCCC. The van der Waals surface area contributed by atoms with Crippen LogP contribution >= 0.6 is 7.82 Å². The lowest BCUT2D eigenvalue weighted by atomic mass is 10.1. The number of hydrogen-bond acceptors (Lipinski definition) is 9. The molecule has 0 aliphatic heterocycles. The lowest BCUT2D eigenvalue weighted by Crippen LogP contribution is -2.34. The highest BCUT2D eigenvalue weighted by Gasteiger charge is 2.28. The number of carboxylic acid groups (broad SMARTS) is 1. The fraction of sp³-hybridized carbons (Fsp3) is 0.800. The van der Waals surface area contributed by atoms with Crippen LogP contribution < -0.4 is 5.73 Å². The van der Waals surface area contributed by atoms with E-state index in [1.807, 2.05) is 0 Å². The van der Waals surface area contributed by atoms with Crippen LogP contribution in [0, 0.1) is 0 Å². The third kappa shape index (κ3) is 40.3. The van der Waals surface area contributed by atoms with Gasteiger partial charge in [0.25, 0.3) is 0 Å². The molecule has 11 nitrogen and oxygen atoms in total. The number of hydrogen-bond donors (Lipinski definition) is 3. The fourth-order valence-electron chi connectivity index (χ4n) is 6.02. The van der Waals surface area contributed by atoms with Crippen LogP contribution in [-0.4, -0.2) is 59.9 Å². The Balaban J connectivity index is 4.34. The summed E-state index contributed by atoms with van der Waals surface area (Å²) in [6.45, 7) is 2.76. The van der Waals surface area contributed by atoms with Crippen molar-refractivity contribution in [3.05, 3.63) is 36.5 Å². The molecule has 0 aliphatic rings. The van der Waals surface area contributed by atoms with Crippen LogP contribution in [0.3, 0.4) is 0 Å². The lowest BCUT2D eigenvalue weighted by molar-refractivity contribution is -0.161. The maximum absolute atomic E-state index is 12.6. The molecule has 0 bridgehead atoms. The standard InChI is InChI=1S/C45H82NO10P/c1-3-5-7-9-11-13-15-17-19-20-21-23-24-26-28-30-32-34-36-43(47)53-38-41(39-54-57(51,52)55-40-42(46)45(49)50)56-44(48)37-35-33-31-29-27-25-22-18-16-14-12-10-8-6-4-2/h9,11,15,17-18,22,41-42H,3-8,10,12-14,16,19-21,23-40,46H2,1-2H3,(H,49,50)(H,51,52)/b11-9-,17-15-,22-18-/t41-,42+/m1/s1. The minimum atomic E-state index is -4.72. The van der Waals surface area contributed by atoms with Gasteiger partial charge in [-0.05, 0) is 64.2 Å². The smallest absolute Gasteiger partial charge is 0.472 e. The lowest BCUT2D eigenvalue weighted by Gasteiger charge is -2.20. The van der Waals surface area contributed by atoms with Crippen LogP contribution in [0.25, 0.3) is 0 Å². The normalized spacial score (nSPS) is 14.0. The van der Waals surface area contributed by atoms with E-state index in [9.17, 15) is 23.8 Å². The molecule has 57 heavy (non-hydrogen) atoms. The first-order valence-corrected chi connectivity index (χ1v) is 24.0. The van der Waals surface area contributed by atoms with Crippen LogP contribution in [0.4, 0.5) is 0 Å². The summed E-state index contributed by atoms with van der Waals surface area (Å²) in [5.41, 5.74) is 5.33. The summed E-state index contributed by atoms with van der Waals surface area (Å²) >= 11 is 0. The molecule has 0 aromatic rings. The van der Waals surface area contributed by atoms with Gasteiger partial charge in [-0.15, -0.1) is 0 Å². The number of unbranched alkanes of at least 4 members (excludes halogenated alkanes) is 22. The van der Waals surface area contributed by atoms with Gasteiger partial charge in [-0.1, -0.05) is 159 Å². The van der Waals surface area contributed by atoms with Crippen LogP contribution in [0.2, 0.25) is 0 Å². The van der Waals surface area contributed by atoms with Crippen molar-refractivity contribution >= 4 is 25.7 Å². The van der Waals surface area contributed by atoms with E-state index in [4.69, 9.17) is 24.8 Å². The number of phosphoric acid groups is 1. The van der Waals surface area contributed by atoms with E-state index < -0.39 is 51.1 Å². The summed E-state index contributed by atoms with van der Waals surface area (Å²) in [6.07, 6.45) is 43.4. The fourth-order valence-corrected chi connectivity index (χ4v) is 6.80. The van der Waals surface area contributed by atoms with Gasteiger partial charge < -0.3 is 25.2 Å². The molecule has 0 rings (SSSR count). The monoisotopic (exact) mass is 828 g/mol. The Kier molecular flexibility index (Phi) is 38.8. The quantitative estimate of drug-likeness (QED) is 0.0231. The molecule has 0 aromatic heterocycles. The zero-order valence-corrected chi connectivity index (χ0v) is 36.8. The van der Waals surface area contributed by atoms with E-state index in [-0.39, 0.29) is 19.4 Å². The first kappa shape index (κ1) is 54.7. The predicted octanol–water partition coefficient (Wildman–Crippen LogP) is 12.0. The van der Waals surface area contributed by atoms with E-state index in [0.29, 0.717) is 12.8 Å². The van der Waals surface area contributed by atoms with Crippen LogP contribution in [0.1, 0.15) is 200 Å². The number of rotatable bonds is 42. The predicted molar refractivity (Wildman–Crippen MR) is 231 cm³/mol. The maximum Gasteiger partial charge on any atom is 0.472 e. The number of nitrogens with two attached hydrogens (primary N) is 1. The summed E-state index contributed by atoms with van der Waals surface area (Å²) in [6, 6.07) is -1.52. The van der Waals surface area contributed by atoms with Crippen molar-refractivity contribution in [1.29, 1.82) is 0 Å². The third-order valence-corrected chi connectivity index (χ3v) is 10.6. The van der Waals surface area contributed by atoms with Crippen molar-refractivity contribution in [2.24, 2.45) is 5.73 Å². The summed E-state index contributed by atoms with van der Waals surface area (Å²) in [5, 5.41) is 8.89. The van der Waals surface area contributed by atoms with Gasteiger partial charge in [0.2, 0.25) is 0 Å². The van der Waals surface area contributed by atoms with Crippen LogP contribution in [0.15, 0.2) is 36.5 Å². The molecule has 12 heteroatoms. The van der Waals surface area contributed by atoms with E-state index in [1.54, 1.807) is 0 Å². The zero-order valence-electron chi connectivity index (χ0n) is 35.9. The molecular formula is C45H82NO10P. The van der Waals surface area contributed by atoms with Gasteiger partial charge in [0.05, 0.1) is 13.2 Å². The molecule has 0 spiro atoms. The van der Waals surface area contributed by atoms with Crippen molar-refractivity contribution in [3.8, 4) is 0 Å². The summed E-state index contributed by atoms with van der Waals surface area (Å²) in [7, 11) is -4.72. The molecule has 0 fully saturated rings. The minimum absolute atomic E-state index is 0.151. The zero-order chi connectivity index (χ0) is 42.1. The van der Waals surface area contributed by atoms with Gasteiger partial charge in [0.15, 0.2) is 6.10 Å². The molecule has 1 unspecified atom stereocenters. The second kappa shape index (κ2) is 40.5. The van der Waals surface area contributed by atoms with E-state index >= 15 is 0 Å². The molecule has 0 saturated heterocycles. The highest BCUT2D eigenvalue weighted by molar-refractivity contribution is 7.47. The number of phosphoric ester groups is 1. The van der Waals surface area contributed by atoms with Gasteiger partial charge in [-0.3, -0.25) is 23.4 Å². The van der Waals surface area contributed by atoms with Gasteiger partial charge in [0.1, 0.15) is 12.6 Å². The summed E-state index contributed by atoms with van der Waals surface area (Å²) < 4.78 is 32.7. The topological polar surface area (TPSA) is 172 Å². The number of ether oxygens (including phenoxy) is 2. The summed E-state index contributed by atoms with van der Waals surface area (Å²) in [5.74, 6) is -2.39. The molecule has 3 atom stereocenters. The highest BCUT2D eigenvalue weighted by atomic mass is 31.2. The minimum Gasteiger partial charge on any atom is -0.480 e. The third-order valence-electron chi connectivity index (χ3n) is 9.61. The van der Waals surface area contributed by atoms with Crippen molar-refractivity contribution < 1.29 is 47.5 Å². The average Bonchev–Trinajstić information content (AvgIpc) is 3.19. The molecular weight excluding hydrogens is 745 g/mol. The van der Waals surface area contributed by atoms with Gasteiger partial charge in [0, 0.05) is 12.8 Å². The molecule has 0 amide bonds. The first-order chi connectivity index (χ1) is 27.6. The van der Waals surface area contributed by atoms with Gasteiger partial charge in [-0.2, -0.15) is 0 Å². The Bertz CT molecular complexity index is 1110. The molecule has 0 aliphatic carbocycles. The Hall–Kier alpha value is -2.30. The van der Waals surface area contributed by atoms with Crippen molar-refractivity contribution in [1.82, 2.24) is 0 Å². The molecule has 0 saturated carbocycles. The van der Waals surface area contributed by atoms with E-state index in [1.165, 1.54) is 89.9 Å². The molecule has 0 aromatic carbocycles. The number of carboxylic acids is 1. The number of carbonyl (C=O) groups excluding carboxylic acids is 2. The second-order valence-electron chi connectivity index (χ2n) is 15.2. The van der Waals surface area contributed by atoms with E-state index in [2.05, 4.69) is 54.8 Å². The Morgan fingerprint density at radius 1 is 0.544 bits per heavy atom. The van der Waals surface area contributed by atoms with Crippen LogP contribution in [-0.2, 0) is 37.5 Å². The van der Waals surface area contributed by atoms with Gasteiger partial charge in [-0.25, -0.2) is 4.57 Å². The van der Waals surface area contributed by atoms with Gasteiger partial charge >= 0.3 is 25.7 Å². The van der Waals surface area contributed by atoms with Crippen molar-refractivity contribution in [2.75, 3.05) is 19.8 Å². The Morgan fingerprint density at radius 2 is 0.947 bits per heavy atom. The van der Waals surface area contributed by atoms with Crippen LogP contribution in [0.5, 0.6) is 0 Å². The molecule has 332 valence electrons. The molecule has 0 heterocycles. The maximum atomic E-state index is 12.6. The number of esters is 2.